The first-order valence-corrected chi connectivity index (χ1v) is 7.62. The molecule has 1 aliphatic heterocycles. The number of cyclic esters (lactones) is 1. The van der Waals surface area contributed by atoms with E-state index in [1.54, 1.807) is 0 Å². The first-order chi connectivity index (χ1) is 12.9. The molecule has 0 saturated heterocycles. The zero-order valence-corrected chi connectivity index (χ0v) is 14.3. The topological polar surface area (TPSA) is 100 Å². The minimum absolute atomic E-state index is 0.0776. The van der Waals surface area contributed by atoms with E-state index in [0.29, 0.717) is 0 Å². The number of halogens is 1. The summed E-state index contributed by atoms with van der Waals surface area (Å²) in [6.45, 7) is 0. The molecule has 138 valence electrons. The van der Waals surface area contributed by atoms with Crippen LogP contribution in [0, 0.1) is 15.9 Å². The molecule has 0 bridgehead atoms. The fourth-order valence-corrected chi connectivity index (χ4v) is 2.46. The van der Waals surface area contributed by atoms with Gasteiger partial charge in [-0.25, -0.2) is 14.2 Å². The number of carbonyl (C=O) groups excluding carboxylic acids is 1. The number of carbonyl (C=O) groups is 1. The highest BCUT2D eigenvalue weighted by Crippen LogP contribution is 2.36. The molecule has 0 fully saturated rings. The standard InChI is InChI=1S/C18H13FN2O6/c1-25-15-8-11(14(21(23)24)9-16(15)26-2)7-13-18(22)27-17(20-13)10-4-3-5-12(19)6-10/h3-9H,1-2H3/b13-7-. The second kappa shape index (κ2) is 7.24. The number of hydrogen-bond acceptors (Lipinski definition) is 7. The Labute approximate surface area is 152 Å². The lowest BCUT2D eigenvalue weighted by Crippen LogP contribution is -2.05. The monoisotopic (exact) mass is 372 g/mol. The molecule has 0 saturated carbocycles. The highest BCUT2D eigenvalue weighted by Gasteiger charge is 2.26. The van der Waals surface area contributed by atoms with Crippen molar-refractivity contribution in [1.82, 2.24) is 0 Å². The molecule has 2 aromatic rings. The van der Waals surface area contributed by atoms with Gasteiger partial charge in [-0.15, -0.1) is 0 Å². The van der Waals surface area contributed by atoms with Crippen LogP contribution in [0.5, 0.6) is 11.5 Å². The third-order valence-electron chi connectivity index (χ3n) is 3.71. The van der Waals surface area contributed by atoms with Crippen molar-refractivity contribution in [3.8, 4) is 11.5 Å². The Morgan fingerprint density at radius 1 is 1.19 bits per heavy atom. The maximum Gasteiger partial charge on any atom is 0.363 e. The average Bonchev–Trinajstić information content (AvgIpc) is 3.01. The number of nitrogens with zero attached hydrogens (tertiary/aromatic N) is 2. The Hall–Kier alpha value is -3.75. The van der Waals surface area contributed by atoms with Crippen LogP contribution in [0.25, 0.3) is 6.08 Å². The van der Waals surface area contributed by atoms with Crippen molar-refractivity contribution >= 4 is 23.6 Å². The zero-order valence-electron chi connectivity index (χ0n) is 14.3. The van der Waals surface area contributed by atoms with E-state index in [1.165, 1.54) is 50.6 Å². The molecule has 0 radical (unpaired) electrons. The summed E-state index contributed by atoms with van der Waals surface area (Å²) in [5.41, 5.74) is -0.116. The van der Waals surface area contributed by atoms with Gasteiger partial charge in [0.15, 0.2) is 17.2 Å². The summed E-state index contributed by atoms with van der Waals surface area (Å²) in [6.07, 6.45) is 1.20. The molecule has 1 heterocycles. The lowest BCUT2D eigenvalue weighted by Gasteiger charge is -2.08. The summed E-state index contributed by atoms with van der Waals surface area (Å²) in [5, 5.41) is 11.4. The second-order valence-electron chi connectivity index (χ2n) is 5.37. The lowest BCUT2D eigenvalue weighted by atomic mass is 10.1. The van der Waals surface area contributed by atoms with E-state index in [4.69, 9.17) is 14.2 Å². The number of ether oxygens (including phenoxy) is 3. The van der Waals surface area contributed by atoms with Crippen LogP contribution < -0.4 is 9.47 Å². The van der Waals surface area contributed by atoms with Gasteiger partial charge in [-0.1, -0.05) is 6.07 Å². The number of rotatable bonds is 5. The fraction of sp³-hybridized carbons (Fsp3) is 0.111. The smallest absolute Gasteiger partial charge is 0.363 e. The van der Waals surface area contributed by atoms with Crippen LogP contribution >= 0.6 is 0 Å². The van der Waals surface area contributed by atoms with E-state index in [1.807, 2.05) is 0 Å². The summed E-state index contributed by atoms with van der Waals surface area (Å²) >= 11 is 0. The van der Waals surface area contributed by atoms with Crippen molar-refractivity contribution in [2.75, 3.05) is 14.2 Å². The minimum atomic E-state index is -0.807. The highest BCUT2D eigenvalue weighted by atomic mass is 19.1. The fourth-order valence-electron chi connectivity index (χ4n) is 2.46. The van der Waals surface area contributed by atoms with Gasteiger partial charge in [-0.3, -0.25) is 10.1 Å². The average molecular weight is 372 g/mol. The summed E-state index contributed by atoms with van der Waals surface area (Å²) in [4.78, 5) is 26.8. The van der Waals surface area contributed by atoms with Gasteiger partial charge in [0.2, 0.25) is 5.90 Å². The summed E-state index contributed by atoms with van der Waals surface area (Å²) < 4.78 is 28.6. The van der Waals surface area contributed by atoms with Crippen LogP contribution in [0.15, 0.2) is 47.1 Å². The Balaban J connectivity index is 2.07. The molecule has 8 nitrogen and oxygen atoms in total. The van der Waals surface area contributed by atoms with Crippen molar-refractivity contribution in [2.24, 2.45) is 4.99 Å². The molecule has 3 rings (SSSR count). The summed E-state index contributed by atoms with van der Waals surface area (Å²) in [5.74, 6) is -0.994. The third-order valence-corrected chi connectivity index (χ3v) is 3.71. The van der Waals surface area contributed by atoms with E-state index in [9.17, 15) is 19.3 Å². The number of nitro benzene ring substituents is 1. The number of hydrogen-bond donors (Lipinski definition) is 0. The molecule has 0 unspecified atom stereocenters. The molecule has 0 aliphatic carbocycles. The predicted octanol–water partition coefficient (Wildman–Crippen LogP) is 3.10. The molecule has 2 aromatic carbocycles. The van der Waals surface area contributed by atoms with Crippen LogP contribution in [0.3, 0.4) is 0 Å². The van der Waals surface area contributed by atoms with Gasteiger partial charge in [0.25, 0.3) is 5.69 Å². The van der Waals surface area contributed by atoms with E-state index < -0.39 is 16.7 Å². The van der Waals surface area contributed by atoms with Crippen molar-refractivity contribution in [3.05, 3.63) is 69.2 Å². The van der Waals surface area contributed by atoms with Crippen LogP contribution in [-0.2, 0) is 9.53 Å². The maximum absolute atomic E-state index is 13.3. The predicted molar refractivity (Wildman–Crippen MR) is 93.2 cm³/mol. The van der Waals surface area contributed by atoms with Gasteiger partial charge in [0.05, 0.1) is 30.8 Å². The molecule has 0 N–H and O–H groups in total. The molecule has 27 heavy (non-hydrogen) atoms. The summed E-state index contributed by atoms with van der Waals surface area (Å²) in [6, 6.07) is 7.91. The maximum atomic E-state index is 13.3. The summed E-state index contributed by atoms with van der Waals surface area (Å²) in [7, 11) is 2.73. The quantitative estimate of drug-likeness (QED) is 0.346. The van der Waals surface area contributed by atoms with E-state index in [-0.39, 0.29) is 39.9 Å². The second-order valence-corrected chi connectivity index (χ2v) is 5.37. The van der Waals surface area contributed by atoms with Crippen LogP contribution in [0.4, 0.5) is 10.1 Å². The van der Waals surface area contributed by atoms with Gasteiger partial charge in [-0.2, -0.15) is 0 Å². The molecule has 1 aliphatic rings. The molecule has 0 aromatic heterocycles. The molecule has 0 atom stereocenters. The normalized spacial score (nSPS) is 14.7. The third kappa shape index (κ3) is 3.61. The SMILES string of the molecule is COc1cc(/C=C2\N=C(c3cccc(F)c3)OC2=O)c([N+](=O)[O-])cc1OC. The lowest BCUT2D eigenvalue weighted by molar-refractivity contribution is -0.385. The molecule has 0 amide bonds. The molecular formula is C18H13FN2O6. The van der Waals surface area contributed by atoms with Gasteiger partial charge in [-0.05, 0) is 30.3 Å². The molecule has 9 heteroatoms. The Kier molecular flexibility index (Phi) is 4.84. The van der Waals surface area contributed by atoms with E-state index in [2.05, 4.69) is 4.99 Å². The van der Waals surface area contributed by atoms with Crippen molar-refractivity contribution < 1.29 is 28.3 Å². The number of nitro groups is 1. The van der Waals surface area contributed by atoms with Gasteiger partial charge in [0, 0.05) is 5.56 Å². The van der Waals surface area contributed by atoms with Gasteiger partial charge in [0.1, 0.15) is 5.82 Å². The first kappa shape index (κ1) is 18.1. The number of benzene rings is 2. The van der Waals surface area contributed by atoms with Crippen LogP contribution in [-0.4, -0.2) is 31.0 Å². The Morgan fingerprint density at radius 3 is 2.52 bits per heavy atom. The number of methoxy groups -OCH3 is 2. The van der Waals surface area contributed by atoms with Gasteiger partial charge >= 0.3 is 5.97 Å². The van der Waals surface area contributed by atoms with Crippen molar-refractivity contribution in [2.45, 2.75) is 0 Å². The largest absolute Gasteiger partial charge is 0.493 e. The van der Waals surface area contributed by atoms with E-state index >= 15 is 0 Å². The Bertz CT molecular complexity index is 999. The Morgan fingerprint density at radius 2 is 1.89 bits per heavy atom. The number of aliphatic imine (C=N–C) groups is 1. The van der Waals surface area contributed by atoms with E-state index in [0.717, 1.165) is 6.07 Å². The minimum Gasteiger partial charge on any atom is -0.493 e. The molecular weight excluding hydrogens is 359 g/mol. The van der Waals surface area contributed by atoms with Crippen LogP contribution in [0.1, 0.15) is 11.1 Å². The zero-order chi connectivity index (χ0) is 19.6. The first-order valence-electron chi connectivity index (χ1n) is 7.62. The van der Waals surface area contributed by atoms with Gasteiger partial charge < -0.3 is 14.2 Å². The van der Waals surface area contributed by atoms with Crippen molar-refractivity contribution in [1.29, 1.82) is 0 Å². The molecule has 0 spiro atoms. The highest BCUT2D eigenvalue weighted by molar-refractivity contribution is 6.13. The van der Waals surface area contributed by atoms with Crippen LogP contribution in [0.2, 0.25) is 0 Å². The number of esters is 1. The van der Waals surface area contributed by atoms with Crippen molar-refractivity contribution in [3.63, 3.8) is 0 Å².